The van der Waals surface area contributed by atoms with E-state index in [9.17, 15) is 0 Å². The normalized spacial score (nSPS) is 14.3. The van der Waals surface area contributed by atoms with E-state index in [0.29, 0.717) is 19.1 Å². The third-order valence-electron chi connectivity index (χ3n) is 3.02. The van der Waals surface area contributed by atoms with E-state index in [-0.39, 0.29) is 0 Å². The van der Waals surface area contributed by atoms with Gasteiger partial charge in [0.15, 0.2) is 11.5 Å². The van der Waals surface area contributed by atoms with Crippen LogP contribution in [0.3, 0.4) is 0 Å². The molecule has 0 fully saturated rings. The molecule has 88 valence electrons. The van der Waals surface area contributed by atoms with E-state index < -0.39 is 0 Å². The number of nitrogens with zero attached hydrogens (tertiary/aromatic N) is 1. The van der Waals surface area contributed by atoms with Crippen molar-refractivity contribution >= 4 is 10.8 Å². The molecule has 0 N–H and O–H groups in total. The summed E-state index contributed by atoms with van der Waals surface area (Å²) in [6.07, 6.45) is 1.89. The highest BCUT2D eigenvalue weighted by Gasteiger charge is 2.15. The average Bonchev–Trinajstić information content (AvgIpc) is 2.38. The van der Waals surface area contributed by atoms with Crippen LogP contribution in [0.4, 0.5) is 0 Å². The fraction of sp³-hybridized carbons (Fsp3) is 0.357. The molecular formula is C14H15NO2. The Balaban J connectivity index is 2.20. The standard InChI is InChI=1S/C14H15NO2/c1-9(2)12-7-10-3-4-13-14(11(10)8-15-12)17-6-5-16-13/h3-4,7-9H,5-6H2,1-2H3. The molecule has 17 heavy (non-hydrogen) atoms. The van der Waals surface area contributed by atoms with Crippen molar-refractivity contribution < 1.29 is 9.47 Å². The third-order valence-corrected chi connectivity index (χ3v) is 3.02. The zero-order valence-corrected chi connectivity index (χ0v) is 10.1. The van der Waals surface area contributed by atoms with Crippen LogP contribution in [-0.4, -0.2) is 18.2 Å². The summed E-state index contributed by atoms with van der Waals surface area (Å²) in [4.78, 5) is 4.48. The van der Waals surface area contributed by atoms with E-state index in [1.165, 1.54) is 0 Å². The fourth-order valence-electron chi connectivity index (χ4n) is 2.06. The van der Waals surface area contributed by atoms with Crippen LogP contribution in [-0.2, 0) is 0 Å². The van der Waals surface area contributed by atoms with E-state index in [4.69, 9.17) is 9.47 Å². The minimum absolute atomic E-state index is 0.438. The van der Waals surface area contributed by atoms with Crippen LogP contribution < -0.4 is 9.47 Å². The van der Waals surface area contributed by atoms with E-state index in [2.05, 4.69) is 31.0 Å². The van der Waals surface area contributed by atoms with Gasteiger partial charge < -0.3 is 9.47 Å². The van der Waals surface area contributed by atoms with Gasteiger partial charge in [-0.05, 0) is 23.4 Å². The highest BCUT2D eigenvalue weighted by Crippen LogP contribution is 2.37. The second-order valence-electron chi connectivity index (χ2n) is 4.57. The van der Waals surface area contributed by atoms with E-state index in [1.54, 1.807) is 0 Å². The molecule has 0 spiro atoms. The lowest BCUT2D eigenvalue weighted by Crippen LogP contribution is -2.15. The molecule has 0 unspecified atom stereocenters. The number of hydrogen-bond acceptors (Lipinski definition) is 3. The minimum Gasteiger partial charge on any atom is -0.486 e. The van der Waals surface area contributed by atoms with Crippen LogP contribution in [0, 0.1) is 0 Å². The Hall–Kier alpha value is -1.77. The Kier molecular flexibility index (Phi) is 2.39. The predicted molar refractivity (Wildman–Crippen MR) is 66.8 cm³/mol. The van der Waals surface area contributed by atoms with Crippen molar-refractivity contribution in [3.8, 4) is 11.5 Å². The first-order chi connectivity index (χ1) is 8.25. The van der Waals surface area contributed by atoms with E-state index >= 15 is 0 Å². The van der Waals surface area contributed by atoms with Gasteiger partial charge in [-0.15, -0.1) is 0 Å². The summed E-state index contributed by atoms with van der Waals surface area (Å²) in [6, 6.07) is 6.16. The zero-order chi connectivity index (χ0) is 11.8. The van der Waals surface area contributed by atoms with Gasteiger partial charge in [0.25, 0.3) is 0 Å². The van der Waals surface area contributed by atoms with Gasteiger partial charge in [-0.3, -0.25) is 4.98 Å². The highest BCUT2D eigenvalue weighted by atomic mass is 16.6. The largest absolute Gasteiger partial charge is 0.486 e. The van der Waals surface area contributed by atoms with Crippen molar-refractivity contribution in [2.45, 2.75) is 19.8 Å². The van der Waals surface area contributed by atoms with Crippen molar-refractivity contribution in [1.82, 2.24) is 4.98 Å². The van der Waals surface area contributed by atoms with Crippen LogP contribution in [0.5, 0.6) is 11.5 Å². The van der Waals surface area contributed by atoms with Gasteiger partial charge in [0.05, 0.1) is 0 Å². The van der Waals surface area contributed by atoms with Crippen LogP contribution in [0.15, 0.2) is 24.4 Å². The summed E-state index contributed by atoms with van der Waals surface area (Å²) in [5, 5.41) is 2.19. The van der Waals surface area contributed by atoms with Gasteiger partial charge in [0.2, 0.25) is 0 Å². The number of hydrogen-bond donors (Lipinski definition) is 0. The summed E-state index contributed by atoms with van der Waals surface area (Å²) in [7, 11) is 0. The van der Waals surface area contributed by atoms with Crippen molar-refractivity contribution in [3.05, 3.63) is 30.1 Å². The number of aromatic nitrogens is 1. The van der Waals surface area contributed by atoms with Crippen LogP contribution in [0.1, 0.15) is 25.5 Å². The summed E-state index contributed by atoms with van der Waals surface area (Å²) >= 11 is 0. The molecule has 3 nitrogen and oxygen atoms in total. The van der Waals surface area contributed by atoms with Crippen LogP contribution in [0.25, 0.3) is 10.8 Å². The molecule has 3 heteroatoms. The second-order valence-corrected chi connectivity index (χ2v) is 4.57. The minimum atomic E-state index is 0.438. The van der Waals surface area contributed by atoms with E-state index in [1.807, 2.05) is 12.3 Å². The summed E-state index contributed by atoms with van der Waals surface area (Å²) in [6.45, 7) is 5.52. The third kappa shape index (κ3) is 1.71. The molecule has 1 aliphatic rings. The van der Waals surface area contributed by atoms with Crippen molar-refractivity contribution in [3.63, 3.8) is 0 Å². The van der Waals surface area contributed by atoms with Gasteiger partial charge in [-0.1, -0.05) is 19.9 Å². The number of benzene rings is 1. The second kappa shape index (κ2) is 3.91. The SMILES string of the molecule is CC(C)c1cc2ccc3c(c2cn1)OCCO3. The lowest BCUT2D eigenvalue weighted by Gasteiger charge is -2.20. The smallest absolute Gasteiger partial charge is 0.170 e. The number of ether oxygens (including phenoxy) is 2. The average molecular weight is 229 g/mol. The first-order valence-electron chi connectivity index (χ1n) is 5.94. The summed E-state index contributed by atoms with van der Waals surface area (Å²) < 4.78 is 11.2. The maximum Gasteiger partial charge on any atom is 0.170 e. The van der Waals surface area contributed by atoms with Gasteiger partial charge >= 0.3 is 0 Å². The molecule has 0 atom stereocenters. The fourth-order valence-corrected chi connectivity index (χ4v) is 2.06. The Labute approximate surface area is 100 Å². The van der Waals surface area contributed by atoms with Gasteiger partial charge in [0.1, 0.15) is 13.2 Å². The van der Waals surface area contributed by atoms with E-state index in [0.717, 1.165) is 28.0 Å². The molecule has 0 saturated heterocycles. The van der Waals surface area contributed by atoms with Crippen LogP contribution in [0.2, 0.25) is 0 Å². The Morgan fingerprint density at radius 3 is 2.82 bits per heavy atom. The van der Waals surface area contributed by atoms with Gasteiger partial charge in [0, 0.05) is 17.3 Å². The Bertz CT molecular complexity index is 563. The summed E-state index contributed by atoms with van der Waals surface area (Å²) in [5.74, 6) is 2.09. The quantitative estimate of drug-likeness (QED) is 0.752. The molecule has 0 aliphatic carbocycles. The van der Waals surface area contributed by atoms with Gasteiger partial charge in [-0.2, -0.15) is 0 Å². The van der Waals surface area contributed by atoms with Crippen molar-refractivity contribution in [2.75, 3.05) is 13.2 Å². The maximum atomic E-state index is 5.67. The van der Waals surface area contributed by atoms with Crippen LogP contribution >= 0.6 is 0 Å². The first-order valence-corrected chi connectivity index (χ1v) is 5.94. The molecule has 2 aromatic rings. The number of fused-ring (bicyclic) bond motifs is 3. The molecular weight excluding hydrogens is 214 g/mol. The first kappa shape index (κ1) is 10.4. The Morgan fingerprint density at radius 2 is 2.00 bits per heavy atom. The lowest BCUT2D eigenvalue weighted by molar-refractivity contribution is 0.174. The Morgan fingerprint density at radius 1 is 1.18 bits per heavy atom. The van der Waals surface area contributed by atoms with Crippen molar-refractivity contribution in [2.24, 2.45) is 0 Å². The topological polar surface area (TPSA) is 31.4 Å². The highest BCUT2D eigenvalue weighted by molar-refractivity contribution is 5.90. The zero-order valence-electron chi connectivity index (χ0n) is 10.1. The molecule has 1 aromatic heterocycles. The van der Waals surface area contributed by atoms with Gasteiger partial charge in [-0.25, -0.2) is 0 Å². The molecule has 0 amide bonds. The summed E-state index contributed by atoms with van der Waals surface area (Å²) in [5.41, 5.74) is 1.11. The molecule has 3 rings (SSSR count). The number of rotatable bonds is 1. The molecule has 0 radical (unpaired) electrons. The predicted octanol–water partition coefficient (Wildman–Crippen LogP) is 3.13. The lowest BCUT2D eigenvalue weighted by atomic mass is 10.1. The molecule has 0 saturated carbocycles. The molecule has 0 bridgehead atoms. The molecule has 1 aromatic carbocycles. The molecule has 2 heterocycles. The monoisotopic (exact) mass is 229 g/mol. The number of pyridine rings is 1. The maximum absolute atomic E-state index is 5.67. The van der Waals surface area contributed by atoms with Crippen molar-refractivity contribution in [1.29, 1.82) is 0 Å². The molecule has 1 aliphatic heterocycles.